The summed E-state index contributed by atoms with van der Waals surface area (Å²) in [5, 5.41) is 15.2. The first kappa shape index (κ1) is 15.9. The number of aromatic nitrogens is 2. The highest BCUT2D eigenvalue weighted by atomic mass is 16.1. The number of rotatable bonds is 4. The minimum Gasteiger partial charge on any atom is -0.348 e. The van der Waals surface area contributed by atoms with Crippen LogP contribution in [0.3, 0.4) is 0 Å². The van der Waals surface area contributed by atoms with Crippen molar-refractivity contribution in [3.63, 3.8) is 0 Å². The van der Waals surface area contributed by atoms with Crippen molar-refractivity contribution < 1.29 is 4.79 Å². The summed E-state index contributed by atoms with van der Waals surface area (Å²) in [5.74, 6) is 0.310. The van der Waals surface area contributed by atoms with Crippen LogP contribution in [-0.2, 0) is 0 Å². The third kappa shape index (κ3) is 3.87. The highest BCUT2D eigenvalue weighted by Crippen LogP contribution is 2.19. The van der Waals surface area contributed by atoms with E-state index < -0.39 is 0 Å². The maximum Gasteiger partial charge on any atom is 0.271 e. The topological polar surface area (TPSA) is 90.7 Å². The lowest BCUT2D eigenvalue weighted by Crippen LogP contribution is -2.36. The number of amides is 1. The Morgan fingerprint density at radius 2 is 1.92 bits per heavy atom. The molecule has 0 radical (unpaired) electrons. The van der Waals surface area contributed by atoms with Gasteiger partial charge in [0.1, 0.15) is 17.6 Å². The molecule has 24 heavy (non-hydrogen) atoms. The Kier molecular flexibility index (Phi) is 5.02. The summed E-state index contributed by atoms with van der Waals surface area (Å²) in [7, 11) is 0. The van der Waals surface area contributed by atoms with Crippen molar-refractivity contribution in [3.8, 4) is 6.07 Å². The third-order valence-corrected chi connectivity index (χ3v) is 4.14. The predicted octanol–water partition coefficient (Wildman–Crippen LogP) is 3.15. The van der Waals surface area contributed by atoms with Crippen LogP contribution in [0.15, 0.2) is 36.7 Å². The van der Waals surface area contributed by atoms with E-state index in [9.17, 15) is 4.79 Å². The molecule has 6 heteroatoms. The van der Waals surface area contributed by atoms with Gasteiger partial charge >= 0.3 is 0 Å². The number of hydrogen-bond acceptors (Lipinski definition) is 5. The first-order chi connectivity index (χ1) is 11.8. The molecule has 1 aromatic carbocycles. The van der Waals surface area contributed by atoms with Gasteiger partial charge in [-0.1, -0.05) is 31.4 Å². The molecule has 1 saturated carbocycles. The Labute approximate surface area is 140 Å². The fraction of sp³-hybridized carbons (Fsp3) is 0.333. The van der Waals surface area contributed by atoms with Gasteiger partial charge in [-0.2, -0.15) is 5.26 Å². The zero-order valence-electron chi connectivity index (χ0n) is 13.3. The Hall–Kier alpha value is -2.94. The van der Waals surface area contributed by atoms with Crippen molar-refractivity contribution in [2.45, 2.75) is 38.1 Å². The van der Waals surface area contributed by atoms with Crippen LogP contribution in [0.5, 0.6) is 0 Å². The fourth-order valence-electron chi connectivity index (χ4n) is 2.84. The number of nitrogens with one attached hydrogen (secondary N) is 2. The molecule has 0 aliphatic heterocycles. The van der Waals surface area contributed by atoms with Crippen LogP contribution in [-0.4, -0.2) is 21.9 Å². The second-order valence-corrected chi connectivity index (χ2v) is 5.88. The number of nitrogens with zero attached hydrogens (tertiary/aromatic N) is 3. The highest BCUT2D eigenvalue weighted by molar-refractivity contribution is 5.92. The standard InChI is InChI=1S/C18H19N5O/c19-10-13-6-4-5-9-15(13)23-17-12-20-16(11-21-17)18(24)22-14-7-2-1-3-8-14/h4-6,9,11-12,14H,1-3,7-8H2,(H,21,23)(H,22,24). The Morgan fingerprint density at radius 1 is 1.12 bits per heavy atom. The smallest absolute Gasteiger partial charge is 0.271 e. The van der Waals surface area contributed by atoms with E-state index in [1.165, 1.54) is 18.8 Å². The van der Waals surface area contributed by atoms with E-state index in [0.717, 1.165) is 25.7 Å². The molecule has 0 atom stereocenters. The highest BCUT2D eigenvalue weighted by Gasteiger charge is 2.17. The zero-order valence-corrected chi connectivity index (χ0v) is 13.3. The zero-order chi connectivity index (χ0) is 16.8. The van der Waals surface area contributed by atoms with Crippen molar-refractivity contribution in [2.24, 2.45) is 0 Å². The van der Waals surface area contributed by atoms with Gasteiger partial charge in [0, 0.05) is 6.04 Å². The van der Waals surface area contributed by atoms with Crippen LogP contribution in [0.2, 0.25) is 0 Å². The molecule has 0 saturated heterocycles. The van der Waals surface area contributed by atoms with Crippen molar-refractivity contribution in [1.82, 2.24) is 15.3 Å². The largest absolute Gasteiger partial charge is 0.348 e. The van der Waals surface area contributed by atoms with Crippen molar-refractivity contribution in [2.75, 3.05) is 5.32 Å². The Morgan fingerprint density at radius 3 is 2.62 bits per heavy atom. The quantitative estimate of drug-likeness (QED) is 0.902. The number of para-hydroxylation sites is 1. The van der Waals surface area contributed by atoms with Gasteiger partial charge < -0.3 is 10.6 Å². The minimum atomic E-state index is -0.182. The number of benzene rings is 1. The van der Waals surface area contributed by atoms with Crippen LogP contribution in [0.25, 0.3) is 0 Å². The monoisotopic (exact) mass is 321 g/mol. The summed E-state index contributed by atoms with van der Waals surface area (Å²) in [6, 6.07) is 9.52. The lowest BCUT2D eigenvalue weighted by Gasteiger charge is -2.22. The molecule has 1 aliphatic rings. The van der Waals surface area contributed by atoms with Gasteiger partial charge in [0.25, 0.3) is 5.91 Å². The van der Waals surface area contributed by atoms with Gasteiger partial charge in [-0.05, 0) is 25.0 Å². The lowest BCUT2D eigenvalue weighted by molar-refractivity contribution is 0.0922. The van der Waals surface area contributed by atoms with Crippen molar-refractivity contribution >= 4 is 17.4 Å². The summed E-state index contributed by atoms with van der Waals surface area (Å²) in [4.78, 5) is 20.6. The molecule has 1 fully saturated rings. The first-order valence-electron chi connectivity index (χ1n) is 8.15. The molecule has 2 aromatic rings. The van der Waals surface area contributed by atoms with Gasteiger partial charge in [0.2, 0.25) is 0 Å². The summed E-state index contributed by atoms with van der Waals surface area (Å²) in [6.07, 6.45) is 8.60. The van der Waals surface area contributed by atoms with Gasteiger partial charge in [0.05, 0.1) is 23.6 Å². The van der Waals surface area contributed by atoms with Gasteiger partial charge in [-0.15, -0.1) is 0 Å². The van der Waals surface area contributed by atoms with Crippen molar-refractivity contribution in [1.29, 1.82) is 5.26 Å². The van der Waals surface area contributed by atoms with E-state index in [-0.39, 0.29) is 11.9 Å². The average Bonchev–Trinajstić information content (AvgIpc) is 2.63. The Bertz CT molecular complexity index is 745. The van der Waals surface area contributed by atoms with Crippen LogP contribution in [0, 0.1) is 11.3 Å². The molecule has 1 amide bonds. The van der Waals surface area contributed by atoms with E-state index >= 15 is 0 Å². The van der Waals surface area contributed by atoms with Crippen LogP contribution in [0.1, 0.15) is 48.2 Å². The first-order valence-corrected chi connectivity index (χ1v) is 8.15. The van der Waals surface area contributed by atoms with Gasteiger partial charge in [-0.3, -0.25) is 4.79 Å². The van der Waals surface area contributed by atoms with Crippen LogP contribution >= 0.6 is 0 Å². The fourth-order valence-corrected chi connectivity index (χ4v) is 2.84. The molecule has 0 unspecified atom stereocenters. The van der Waals surface area contributed by atoms with Gasteiger partial charge in [0.15, 0.2) is 0 Å². The molecule has 6 nitrogen and oxygen atoms in total. The molecule has 1 aromatic heterocycles. The molecule has 0 bridgehead atoms. The maximum absolute atomic E-state index is 12.2. The molecule has 1 heterocycles. The predicted molar refractivity (Wildman–Crippen MR) is 90.8 cm³/mol. The Balaban J connectivity index is 1.64. The molecular weight excluding hydrogens is 302 g/mol. The average molecular weight is 321 g/mol. The molecule has 122 valence electrons. The normalized spacial score (nSPS) is 14.6. The SMILES string of the molecule is N#Cc1ccccc1Nc1cnc(C(=O)NC2CCCCC2)cn1. The third-order valence-electron chi connectivity index (χ3n) is 4.14. The molecule has 0 spiro atoms. The van der Waals surface area contributed by atoms with E-state index in [1.807, 2.05) is 6.07 Å². The van der Waals surface area contributed by atoms with E-state index in [2.05, 4.69) is 26.7 Å². The second kappa shape index (κ2) is 7.55. The molecule has 1 aliphatic carbocycles. The second-order valence-electron chi connectivity index (χ2n) is 5.88. The molecule has 2 N–H and O–H groups in total. The van der Waals surface area contributed by atoms with E-state index in [4.69, 9.17) is 5.26 Å². The van der Waals surface area contributed by atoms with Gasteiger partial charge in [-0.25, -0.2) is 9.97 Å². The maximum atomic E-state index is 12.2. The van der Waals surface area contributed by atoms with E-state index in [1.54, 1.807) is 18.2 Å². The number of anilines is 2. The van der Waals surface area contributed by atoms with Crippen molar-refractivity contribution in [3.05, 3.63) is 47.9 Å². The number of hydrogen-bond donors (Lipinski definition) is 2. The summed E-state index contributed by atoms with van der Waals surface area (Å²) >= 11 is 0. The number of carbonyl (C=O) groups is 1. The summed E-state index contributed by atoms with van der Waals surface area (Å²) in [6.45, 7) is 0. The number of carbonyl (C=O) groups excluding carboxylic acids is 1. The van der Waals surface area contributed by atoms with E-state index in [0.29, 0.717) is 22.8 Å². The molecular formula is C18H19N5O. The minimum absolute atomic E-state index is 0.182. The summed E-state index contributed by atoms with van der Waals surface area (Å²) in [5.41, 5.74) is 1.49. The lowest BCUT2D eigenvalue weighted by atomic mass is 9.95. The number of nitriles is 1. The molecule has 3 rings (SSSR count). The van der Waals surface area contributed by atoms with Crippen LogP contribution < -0.4 is 10.6 Å². The summed E-state index contributed by atoms with van der Waals surface area (Å²) < 4.78 is 0. The van der Waals surface area contributed by atoms with Crippen LogP contribution in [0.4, 0.5) is 11.5 Å².